The van der Waals surface area contributed by atoms with E-state index in [0.717, 1.165) is 43.6 Å². The largest absolute Gasteiger partial charge is 0.478 e. The van der Waals surface area contributed by atoms with Crippen LogP contribution in [0.15, 0.2) is 42.0 Å². The third-order valence-corrected chi connectivity index (χ3v) is 6.12. The van der Waals surface area contributed by atoms with Gasteiger partial charge in [-0.1, -0.05) is 29.8 Å². The fourth-order valence-corrected chi connectivity index (χ4v) is 4.89. The average molecular weight is 351 g/mol. The smallest absolute Gasteiger partial charge is 0.328 e. The number of carboxylic acid groups (broad SMARTS) is 1. The van der Waals surface area contributed by atoms with E-state index in [9.17, 15) is 4.79 Å². The number of piperidine rings is 1. The SMILES string of the molecule is O=C(O)C=Cc1cc2c(s1)CCc1ccccc1C2=C1CCNCC1. The first-order valence-corrected chi connectivity index (χ1v) is 9.59. The molecule has 0 bridgehead atoms. The number of hydrogen-bond donors (Lipinski definition) is 2. The highest BCUT2D eigenvalue weighted by Crippen LogP contribution is 2.41. The summed E-state index contributed by atoms with van der Waals surface area (Å²) in [7, 11) is 0. The van der Waals surface area contributed by atoms with E-state index in [-0.39, 0.29) is 0 Å². The summed E-state index contributed by atoms with van der Waals surface area (Å²) in [5, 5.41) is 12.4. The van der Waals surface area contributed by atoms with Crippen molar-refractivity contribution in [3.63, 3.8) is 0 Å². The van der Waals surface area contributed by atoms with Crippen LogP contribution in [-0.4, -0.2) is 24.2 Å². The van der Waals surface area contributed by atoms with Crippen molar-refractivity contribution in [1.29, 1.82) is 0 Å². The molecule has 0 saturated carbocycles. The van der Waals surface area contributed by atoms with E-state index in [2.05, 4.69) is 35.6 Å². The lowest BCUT2D eigenvalue weighted by Crippen LogP contribution is -2.23. The second kappa shape index (κ2) is 6.98. The van der Waals surface area contributed by atoms with Gasteiger partial charge >= 0.3 is 5.97 Å². The molecule has 0 amide bonds. The Morgan fingerprint density at radius 2 is 1.88 bits per heavy atom. The summed E-state index contributed by atoms with van der Waals surface area (Å²) < 4.78 is 0. The molecule has 0 unspecified atom stereocenters. The number of nitrogens with one attached hydrogen (secondary N) is 1. The zero-order valence-corrected chi connectivity index (χ0v) is 14.9. The first-order chi connectivity index (χ1) is 12.2. The van der Waals surface area contributed by atoms with E-state index in [1.54, 1.807) is 17.4 Å². The minimum Gasteiger partial charge on any atom is -0.478 e. The zero-order valence-electron chi connectivity index (χ0n) is 14.0. The number of fused-ring (bicyclic) bond motifs is 2. The van der Waals surface area contributed by atoms with Crippen molar-refractivity contribution in [2.75, 3.05) is 13.1 Å². The Morgan fingerprint density at radius 1 is 1.08 bits per heavy atom. The molecule has 0 atom stereocenters. The minimum atomic E-state index is -0.897. The molecule has 1 aromatic carbocycles. The summed E-state index contributed by atoms with van der Waals surface area (Å²) in [5.74, 6) is -0.897. The van der Waals surface area contributed by atoms with Crippen LogP contribution in [-0.2, 0) is 17.6 Å². The molecule has 3 nitrogen and oxygen atoms in total. The van der Waals surface area contributed by atoms with Gasteiger partial charge in [-0.2, -0.15) is 0 Å². The third-order valence-electron chi connectivity index (χ3n) is 4.96. The maximum Gasteiger partial charge on any atom is 0.328 e. The molecule has 2 N–H and O–H groups in total. The summed E-state index contributed by atoms with van der Waals surface area (Å²) in [6.45, 7) is 2.07. The van der Waals surface area contributed by atoms with Crippen LogP contribution in [0.3, 0.4) is 0 Å². The minimum absolute atomic E-state index is 0.897. The predicted octanol–water partition coefficient (Wildman–Crippen LogP) is 4.13. The number of aryl methyl sites for hydroxylation is 2. The second-order valence-corrected chi connectivity index (χ2v) is 7.71. The molecule has 0 spiro atoms. The molecule has 4 rings (SSSR count). The monoisotopic (exact) mass is 351 g/mol. The first-order valence-electron chi connectivity index (χ1n) is 8.77. The molecule has 0 radical (unpaired) electrons. The van der Waals surface area contributed by atoms with E-state index >= 15 is 0 Å². The van der Waals surface area contributed by atoms with E-state index < -0.39 is 5.97 Å². The molecule has 4 heteroatoms. The number of aliphatic carboxylic acids is 1. The van der Waals surface area contributed by atoms with Crippen LogP contribution in [0, 0.1) is 0 Å². The molecule has 1 aromatic heterocycles. The summed E-state index contributed by atoms with van der Waals surface area (Å²) in [4.78, 5) is 13.3. The van der Waals surface area contributed by atoms with Gasteiger partial charge in [0.2, 0.25) is 0 Å². The fraction of sp³-hybridized carbons (Fsp3) is 0.286. The first kappa shape index (κ1) is 16.3. The lowest BCUT2D eigenvalue weighted by molar-refractivity contribution is -0.131. The lowest BCUT2D eigenvalue weighted by Gasteiger charge is -2.21. The Balaban J connectivity index is 1.87. The average Bonchev–Trinajstić information content (AvgIpc) is 2.96. The molecule has 1 aliphatic carbocycles. The molecule has 2 aromatic rings. The Hall–Kier alpha value is -2.17. The quantitative estimate of drug-likeness (QED) is 0.800. The Labute approximate surface area is 151 Å². The Kier molecular flexibility index (Phi) is 4.55. The number of benzene rings is 1. The van der Waals surface area contributed by atoms with Crippen molar-refractivity contribution in [2.24, 2.45) is 0 Å². The van der Waals surface area contributed by atoms with Gasteiger partial charge in [-0.3, -0.25) is 0 Å². The topological polar surface area (TPSA) is 49.3 Å². The highest BCUT2D eigenvalue weighted by Gasteiger charge is 2.23. The molecule has 1 fully saturated rings. The molecule has 25 heavy (non-hydrogen) atoms. The predicted molar refractivity (Wildman–Crippen MR) is 103 cm³/mol. The summed E-state index contributed by atoms with van der Waals surface area (Å²) in [6.07, 6.45) is 7.18. The molecular formula is C21H21NO2S. The highest BCUT2D eigenvalue weighted by atomic mass is 32.1. The van der Waals surface area contributed by atoms with Gasteiger partial charge in [-0.05, 0) is 73.2 Å². The molecule has 128 valence electrons. The number of hydrogen-bond acceptors (Lipinski definition) is 3. The van der Waals surface area contributed by atoms with E-state index in [4.69, 9.17) is 5.11 Å². The number of rotatable bonds is 2. The highest BCUT2D eigenvalue weighted by molar-refractivity contribution is 7.13. The van der Waals surface area contributed by atoms with Gasteiger partial charge in [0.25, 0.3) is 0 Å². The normalized spacial score (nSPS) is 17.3. The standard InChI is InChI=1S/C21H21NO2S/c23-20(24)8-6-16-13-18-19(25-16)7-5-14-3-1-2-4-17(14)21(18)15-9-11-22-12-10-15/h1-4,6,8,13,22H,5,7,9-12H2,(H,23,24). The van der Waals surface area contributed by atoms with Crippen LogP contribution in [0.4, 0.5) is 0 Å². The maximum atomic E-state index is 10.8. The lowest BCUT2D eigenvalue weighted by atomic mass is 9.88. The molecule has 1 saturated heterocycles. The van der Waals surface area contributed by atoms with Crippen molar-refractivity contribution in [1.82, 2.24) is 5.32 Å². The van der Waals surface area contributed by atoms with Gasteiger partial charge in [0.05, 0.1) is 0 Å². The van der Waals surface area contributed by atoms with Gasteiger partial charge in [0.15, 0.2) is 0 Å². The van der Waals surface area contributed by atoms with Gasteiger partial charge in [-0.15, -0.1) is 11.3 Å². The second-order valence-electron chi connectivity index (χ2n) is 6.54. The van der Waals surface area contributed by atoms with Gasteiger partial charge in [-0.25, -0.2) is 4.79 Å². The molecule has 1 aliphatic heterocycles. The molecule has 2 aliphatic rings. The van der Waals surface area contributed by atoms with Crippen molar-refractivity contribution in [3.8, 4) is 0 Å². The van der Waals surface area contributed by atoms with E-state index in [1.807, 2.05) is 0 Å². The molecular weight excluding hydrogens is 330 g/mol. The summed E-state index contributed by atoms with van der Waals surface area (Å²) in [5.41, 5.74) is 7.04. The van der Waals surface area contributed by atoms with Crippen molar-refractivity contribution >= 4 is 29.0 Å². The fourth-order valence-electron chi connectivity index (χ4n) is 3.82. The Bertz CT molecular complexity index is 868. The van der Waals surface area contributed by atoms with Crippen LogP contribution >= 0.6 is 11.3 Å². The van der Waals surface area contributed by atoms with Gasteiger partial charge < -0.3 is 10.4 Å². The van der Waals surface area contributed by atoms with Crippen LogP contribution in [0.25, 0.3) is 11.6 Å². The van der Waals surface area contributed by atoms with Crippen LogP contribution in [0.5, 0.6) is 0 Å². The van der Waals surface area contributed by atoms with E-state index in [1.165, 1.54) is 38.8 Å². The van der Waals surface area contributed by atoms with Crippen LogP contribution in [0.1, 0.15) is 39.3 Å². The zero-order chi connectivity index (χ0) is 17.2. The van der Waals surface area contributed by atoms with Crippen molar-refractivity contribution < 1.29 is 9.90 Å². The van der Waals surface area contributed by atoms with Crippen molar-refractivity contribution in [2.45, 2.75) is 25.7 Å². The Morgan fingerprint density at radius 3 is 2.68 bits per heavy atom. The van der Waals surface area contributed by atoms with E-state index in [0.29, 0.717) is 0 Å². The maximum absolute atomic E-state index is 10.8. The number of thiophene rings is 1. The summed E-state index contributed by atoms with van der Waals surface area (Å²) >= 11 is 1.73. The molecule has 2 heterocycles. The van der Waals surface area contributed by atoms with Gasteiger partial charge in [0.1, 0.15) is 0 Å². The van der Waals surface area contributed by atoms with Crippen molar-refractivity contribution in [3.05, 3.63) is 68.4 Å². The third kappa shape index (κ3) is 3.32. The van der Waals surface area contributed by atoms with Gasteiger partial charge in [0, 0.05) is 15.8 Å². The summed E-state index contributed by atoms with van der Waals surface area (Å²) in [6, 6.07) is 10.9. The van der Waals surface area contributed by atoms with Crippen LogP contribution in [0.2, 0.25) is 0 Å². The number of carbonyl (C=O) groups is 1. The number of carboxylic acids is 1. The van der Waals surface area contributed by atoms with Crippen LogP contribution < -0.4 is 5.32 Å².